The third-order valence-corrected chi connectivity index (χ3v) is 4.24. The molecule has 0 unspecified atom stereocenters. The second-order valence-electron chi connectivity index (χ2n) is 5.78. The van der Waals surface area contributed by atoms with Gasteiger partial charge >= 0.3 is 6.55 Å². The van der Waals surface area contributed by atoms with Crippen LogP contribution in [0.1, 0.15) is 30.8 Å². The van der Waals surface area contributed by atoms with E-state index in [-0.39, 0.29) is 24.1 Å². The first kappa shape index (κ1) is 15.6. The van der Waals surface area contributed by atoms with Crippen molar-refractivity contribution in [3.8, 4) is 0 Å². The molecule has 2 aromatic rings. The third kappa shape index (κ3) is 2.83. The number of benzene rings is 1. The topological polar surface area (TPSA) is 38.1 Å². The van der Waals surface area contributed by atoms with Crippen molar-refractivity contribution in [3.05, 3.63) is 53.9 Å². The predicted octanol–water partition coefficient (Wildman–Crippen LogP) is 3.11. The number of hydrogen-bond acceptors (Lipinski definition) is 2. The standard InChI is InChI=1S/C16H16F3N3O/c1-21(10-13-20-8-9-22(13)15(18)19)14(23)16(6-7-16)11-2-4-12(17)5-3-11/h2-5,8-9,15H,6-7,10H2,1H3. The van der Waals surface area contributed by atoms with Crippen molar-refractivity contribution in [2.45, 2.75) is 31.4 Å². The Hall–Kier alpha value is -2.31. The third-order valence-electron chi connectivity index (χ3n) is 4.24. The quantitative estimate of drug-likeness (QED) is 0.848. The van der Waals surface area contributed by atoms with Gasteiger partial charge in [-0.15, -0.1) is 0 Å². The number of halogens is 3. The summed E-state index contributed by atoms with van der Waals surface area (Å²) in [6, 6.07) is 5.86. The van der Waals surface area contributed by atoms with Crippen LogP contribution in [0.15, 0.2) is 36.7 Å². The van der Waals surface area contributed by atoms with Gasteiger partial charge in [-0.2, -0.15) is 8.78 Å². The maximum atomic E-state index is 13.0. The molecule has 4 nitrogen and oxygen atoms in total. The summed E-state index contributed by atoms with van der Waals surface area (Å²) in [5, 5.41) is 0. The SMILES string of the molecule is CN(Cc1nccn1C(F)F)C(=O)C1(c2ccc(F)cc2)CC1. The van der Waals surface area contributed by atoms with Crippen LogP contribution >= 0.6 is 0 Å². The number of rotatable bonds is 5. The Morgan fingerprint density at radius 1 is 1.35 bits per heavy atom. The average Bonchev–Trinajstić information content (AvgIpc) is 3.20. The zero-order valence-electron chi connectivity index (χ0n) is 12.5. The van der Waals surface area contributed by atoms with Crippen molar-refractivity contribution < 1.29 is 18.0 Å². The largest absolute Gasteiger partial charge is 0.338 e. The van der Waals surface area contributed by atoms with Gasteiger partial charge in [-0.05, 0) is 30.5 Å². The van der Waals surface area contributed by atoms with Crippen LogP contribution in [-0.4, -0.2) is 27.4 Å². The van der Waals surface area contributed by atoms with E-state index in [2.05, 4.69) is 4.98 Å². The molecule has 0 radical (unpaired) electrons. The van der Waals surface area contributed by atoms with Crippen molar-refractivity contribution in [1.29, 1.82) is 0 Å². The van der Waals surface area contributed by atoms with Crippen LogP contribution < -0.4 is 0 Å². The Balaban J connectivity index is 1.77. The van der Waals surface area contributed by atoms with Gasteiger partial charge in [-0.3, -0.25) is 9.36 Å². The highest BCUT2D eigenvalue weighted by atomic mass is 19.3. The number of likely N-dealkylation sites (N-methyl/N-ethyl adjacent to an activating group) is 1. The number of aromatic nitrogens is 2. The second-order valence-corrected chi connectivity index (χ2v) is 5.78. The minimum Gasteiger partial charge on any atom is -0.338 e. The molecule has 1 aliphatic carbocycles. The number of imidazole rings is 1. The van der Waals surface area contributed by atoms with Crippen LogP contribution in [0.3, 0.4) is 0 Å². The maximum Gasteiger partial charge on any atom is 0.319 e. The Labute approximate surface area is 131 Å². The summed E-state index contributed by atoms with van der Waals surface area (Å²) in [7, 11) is 1.57. The van der Waals surface area contributed by atoms with E-state index in [1.807, 2.05) is 0 Å². The Morgan fingerprint density at radius 2 is 2.00 bits per heavy atom. The fourth-order valence-electron chi connectivity index (χ4n) is 2.81. The minimum atomic E-state index is -2.69. The zero-order chi connectivity index (χ0) is 16.6. The van der Waals surface area contributed by atoms with Crippen molar-refractivity contribution in [3.63, 3.8) is 0 Å². The van der Waals surface area contributed by atoms with Gasteiger partial charge in [0.2, 0.25) is 5.91 Å². The van der Waals surface area contributed by atoms with Gasteiger partial charge in [-0.25, -0.2) is 9.37 Å². The molecule has 1 fully saturated rings. The molecule has 7 heteroatoms. The molecule has 1 aromatic carbocycles. The molecule has 0 aliphatic heterocycles. The fourth-order valence-corrected chi connectivity index (χ4v) is 2.81. The number of carbonyl (C=O) groups is 1. The molecule has 1 saturated carbocycles. The summed E-state index contributed by atoms with van der Waals surface area (Å²) in [4.78, 5) is 18.0. The summed E-state index contributed by atoms with van der Waals surface area (Å²) in [6.45, 7) is -2.69. The lowest BCUT2D eigenvalue weighted by Crippen LogP contribution is -2.36. The van der Waals surface area contributed by atoms with E-state index in [4.69, 9.17) is 0 Å². The Morgan fingerprint density at radius 3 is 2.57 bits per heavy atom. The van der Waals surface area contributed by atoms with Crippen LogP contribution in [0.2, 0.25) is 0 Å². The van der Waals surface area contributed by atoms with E-state index in [0.717, 1.165) is 10.1 Å². The number of amides is 1. The summed E-state index contributed by atoms with van der Waals surface area (Å²) in [5.41, 5.74) is 0.0954. The molecule has 0 N–H and O–H groups in total. The maximum absolute atomic E-state index is 13.0. The summed E-state index contributed by atoms with van der Waals surface area (Å²) in [6.07, 6.45) is 3.81. The highest BCUT2D eigenvalue weighted by molar-refractivity contribution is 5.91. The van der Waals surface area contributed by atoms with Gasteiger partial charge < -0.3 is 4.90 Å². The first-order chi connectivity index (χ1) is 10.9. The molecular weight excluding hydrogens is 307 g/mol. The normalized spacial score (nSPS) is 15.7. The highest BCUT2D eigenvalue weighted by Gasteiger charge is 2.52. The first-order valence-electron chi connectivity index (χ1n) is 7.25. The Kier molecular flexibility index (Phi) is 3.87. The van der Waals surface area contributed by atoms with Gasteiger partial charge in [0.1, 0.15) is 11.6 Å². The van der Waals surface area contributed by atoms with E-state index in [9.17, 15) is 18.0 Å². The van der Waals surface area contributed by atoms with E-state index >= 15 is 0 Å². The van der Waals surface area contributed by atoms with Gasteiger partial charge in [0, 0.05) is 19.4 Å². The fraction of sp³-hybridized carbons (Fsp3) is 0.375. The van der Waals surface area contributed by atoms with Crippen molar-refractivity contribution in [1.82, 2.24) is 14.5 Å². The van der Waals surface area contributed by atoms with Crippen LogP contribution in [0, 0.1) is 5.82 Å². The van der Waals surface area contributed by atoms with E-state index in [1.165, 1.54) is 29.4 Å². The summed E-state index contributed by atoms with van der Waals surface area (Å²) >= 11 is 0. The van der Waals surface area contributed by atoms with Crippen LogP contribution in [0.5, 0.6) is 0 Å². The average molecular weight is 323 g/mol. The summed E-state index contributed by atoms with van der Waals surface area (Å²) in [5.74, 6) is -0.386. The smallest absolute Gasteiger partial charge is 0.319 e. The molecule has 1 aliphatic rings. The van der Waals surface area contributed by atoms with Crippen LogP contribution in [0.4, 0.5) is 13.2 Å². The second kappa shape index (κ2) is 5.72. The highest BCUT2D eigenvalue weighted by Crippen LogP contribution is 2.49. The van der Waals surface area contributed by atoms with Crippen LogP contribution in [0.25, 0.3) is 0 Å². The molecular formula is C16H16F3N3O. The number of carbonyl (C=O) groups excluding carboxylic acids is 1. The lowest BCUT2D eigenvalue weighted by Gasteiger charge is -2.24. The number of alkyl halides is 2. The Bertz CT molecular complexity index is 708. The molecule has 0 spiro atoms. The van der Waals surface area contributed by atoms with Gasteiger partial charge in [0.15, 0.2) is 0 Å². The molecule has 1 heterocycles. The number of nitrogens with zero attached hydrogens (tertiary/aromatic N) is 3. The van der Waals surface area contributed by atoms with Crippen molar-refractivity contribution in [2.24, 2.45) is 0 Å². The van der Waals surface area contributed by atoms with Crippen LogP contribution in [-0.2, 0) is 16.8 Å². The van der Waals surface area contributed by atoms with E-state index in [1.54, 1.807) is 19.2 Å². The molecule has 0 atom stereocenters. The van der Waals surface area contributed by atoms with Gasteiger partial charge in [-0.1, -0.05) is 12.1 Å². The van der Waals surface area contributed by atoms with E-state index in [0.29, 0.717) is 12.8 Å². The molecule has 1 aromatic heterocycles. The van der Waals surface area contributed by atoms with Gasteiger partial charge in [0.05, 0.1) is 12.0 Å². The van der Waals surface area contributed by atoms with E-state index < -0.39 is 12.0 Å². The lowest BCUT2D eigenvalue weighted by molar-refractivity contribution is -0.133. The van der Waals surface area contributed by atoms with Crippen molar-refractivity contribution in [2.75, 3.05) is 7.05 Å². The van der Waals surface area contributed by atoms with Crippen molar-refractivity contribution >= 4 is 5.91 Å². The minimum absolute atomic E-state index is 0.000875. The predicted molar refractivity (Wildman–Crippen MR) is 77.3 cm³/mol. The molecule has 0 saturated heterocycles. The molecule has 122 valence electrons. The monoisotopic (exact) mass is 323 g/mol. The summed E-state index contributed by atoms with van der Waals surface area (Å²) < 4.78 is 39.5. The molecule has 0 bridgehead atoms. The molecule has 23 heavy (non-hydrogen) atoms. The zero-order valence-corrected chi connectivity index (χ0v) is 12.5. The first-order valence-corrected chi connectivity index (χ1v) is 7.25. The van der Waals surface area contributed by atoms with Gasteiger partial charge in [0.25, 0.3) is 0 Å². The molecule has 1 amide bonds. The lowest BCUT2D eigenvalue weighted by atomic mass is 9.94. The molecule has 3 rings (SSSR count). The number of hydrogen-bond donors (Lipinski definition) is 0.